The molecule has 1 amide bonds. The number of amidine groups is 1. The number of benzene rings is 1. The van der Waals surface area contributed by atoms with Crippen LogP contribution in [0.4, 0.5) is 0 Å². The molecule has 3 N–H and O–H groups in total. The molecule has 0 bridgehead atoms. The SMILES string of the molecule is CC1CCCCN1C(=O)COc1ccccc1/C(N)=N/O. The number of hydrogen-bond donors (Lipinski definition) is 2. The molecule has 1 aromatic rings. The van der Waals surface area contributed by atoms with Crippen LogP contribution in [0.25, 0.3) is 0 Å². The number of ether oxygens (including phenoxy) is 1. The van der Waals surface area contributed by atoms with Crippen LogP contribution in [0.3, 0.4) is 0 Å². The van der Waals surface area contributed by atoms with E-state index in [0.29, 0.717) is 11.3 Å². The maximum absolute atomic E-state index is 12.2. The van der Waals surface area contributed by atoms with Crippen molar-refractivity contribution in [3.05, 3.63) is 29.8 Å². The Morgan fingerprint density at radius 2 is 2.24 bits per heavy atom. The Kier molecular flexibility index (Phi) is 5.03. The zero-order valence-corrected chi connectivity index (χ0v) is 12.2. The van der Waals surface area contributed by atoms with Gasteiger partial charge in [-0.3, -0.25) is 4.79 Å². The van der Waals surface area contributed by atoms with Crippen LogP contribution in [-0.4, -0.2) is 41.0 Å². The number of oxime groups is 1. The fraction of sp³-hybridized carbons (Fsp3) is 0.467. The lowest BCUT2D eigenvalue weighted by molar-refractivity contribution is -0.136. The van der Waals surface area contributed by atoms with Crippen LogP contribution in [-0.2, 0) is 4.79 Å². The smallest absolute Gasteiger partial charge is 0.260 e. The number of nitrogens with two attached hydrogens (primary N) is 1. The molecular weight excluding hydrogens is 270 g/mol. The first-order chi connectivity index (χ1) is 10.1. The summed E-state index contributed by atoms with van der Waals surface area (Å²) < 4.78 is 5.56. The normalized spacial score (nSPS) is 19.4. The summed E-state index contributed by atoms with van der Waals surface area (Å²) in [6.45, 7) is 2.80. The van der Waals surface area contributed by atoms with Gasteiger partial charge in [0.25, 0.3) is 5.91 Å². The van der Waals surface area contributed by atoms with Crippen LogP contribution in [0, 0.1) is 0 Å². The van der Waals surface area contributed by atoms with Gasteiger partial charge in [0.05, 0.1) is 5.56 Å². The van der Waals surface area contributed by atoms with Gasteiger partial charge < -0.3 is 20.6 Å². The standard InChI is InChI=1S/C15H21N3O3/c1-11-6-4-5-9-18(11)14(19)10-21-13-8-3-2-7-12(13)15(16)17-20/h2-3,7-8,11,20H,4-6,9-10H2,1H3,(H2,16,17). The first-order valence-electron chi connectivity index (χ1n) is 7.12. The zero-order valence-electron chi connectivity index (χ0n) is 12.2. The fourth-order valence-corrected chi connectivity index (χ4v) is 2.55. The van der Waals surface area contributed by atoms with Gasteiger partial charge in [-0.2, -0.15) is 0 Å². The zero-order chi connectivity index (χ0) is 15.2. The van der Waals surface area contributed by atoms with Crippen molar-refractivity contribution in [2.75, 3.05) is 13.2 Å². The third kappa shape index (κ3) is 3.65. The number of rotatable bonds is 4. The summed E-state index contributed by atoms with van der Waals surface area (Å²) in [5.74, 6) is 0.367. The number of hydrogen-bond acceptors (Lipinski definition) is 4. The molecule has 2 rings (SSSR count). The highest BCUT2D eigenvalue weighted by atomic mass is 16.5. The van der Waals surface area contributed by atoms with Gasteiger partial charge in [0.1, 0.15) is 5.75 Å². The summed E-state index contributed by atoms with van der Waals surface area (Å²) in [6, 6.07) is 7.17. The van der Waals surface area contributed by atoms with Crippen LogP contribution >= 0.6 is 0 Å². The van der Waals surface area contributed by atoms with E-state index in [0.717, 1.165) is 25.8 Å². The van der Waals surface area contributed by atoms with E-state index in [1.807, 2.05) is 4.90 Å². The second kappa shape index (κ2) is 6.97. The molecule has 1 heterocycles. The van der Waals surface area contributed by atoms with Crippen molar-refractivity contribution in [3.8, 4) is 5.75 Å². The van der Waals surface area contributed by atoms with Gasteiger partial charge >= 0.3 is 0 Å². The van der Waals surface area contributed by atoms with Crippen LogP contribution in [0.15, 0.2) is 29.4 Å². The Morgan fingerprint density at radius 3 is 2.95 bits per heavy atom. The number of carbonyl (C=O) groups is 1. The fourth-order valence-electron chi connectivity index (χ4n) is 2.55. The number of likely N-dealkylation sites (tertiary alicyclic amines) is 1. The summed E-state index contributed by atoms with van der Waals surface area (Å²) >= 11 is 0. The molecule has 0 aromatic heterocycles. The largest absolute Gasteiger partial charge is 0.483 e. The summed E-state index contributed by atoms with van der Waals surface area (Å²) in [7, 11) is 0. The molecule has 1 aliphatic heterocycles. The average molecular weight is 291 g/mol. The van der Waals surface area contributed by atoms with Gasteiger partial charge in [-0.05, 0) is 38.3 Å². The van der Waals surface area contributed by atoms with E-state index in [2.05, 4.69) is 12.1 Å². The lowest BCUT2D eigenvalue weighted by Crippen LogP contribution is -2.44. The number of nitrogens with zero attached hydrogens (tertiary/aromatic N) is 2. The maximum atomic E-state index is 12.2. The third-order valence-electron chi connectivity index (χ3n) is 3.75. The minimum atomic E-state index is -0.0416. The molecule has 1 aliphatic rings. The van der Waals surface area contributed by atoms with E-state index in [9.17, 15) is 4.79 Å². The van der Waals surface area contributed by atoms with Crippen molar-refractivity contribution in [1.29, 1.82) is 0 Å². The van der Waals surface area contributed by atoms with Gasteiger partial charge in [0.15, 0.2) is 12.4 Å². The Bertz CT molecular complexity index is 531. The Morgan fingerprint density at radius 1 is 1.48 bits per heavy atom. The second-order valence-electron chi connectivity index (χ2n) is 5.20. The van der Waals surface area contributed by atoms with Gasteiger partial charge in [-0.1, -0.05) is 17.3 Å². The molecule has 1 fully saturated rings. The molecular formula is C15H21N3O3. The van der Waals surface area contributed by atoms with Crippen molar-refractivity contribution in [2.24, 2.45) is 10.9 Å². The molecule has 114 valence electrons. The number of para-hydroxylation sites is 1. The van der Waals surface area contributed by atoms with Gasteiger partial charge in [-0.25, -0.2) is 0 Å². The molecule has 6 heteroatoms. The van der Waals surface area contributed by atoms with Crippen molar-refractivity contribution in [1.82, 2.24) is 4.90 Å². The quantitative estimate of drug-likeness (QED) is 0.381. The molecule has 0 saturated carbocycles. The van der Waals surface area contributed by atoms with Gasteiger partial charge in [0.2, 0.25) is 0 Å². The Balaban J connectivity index is 2.01. The highest BCUT2D eigenvalue weighted by Gasteiger charge is 2.23. The molecule has 21 heavy (non-hydrogen) atoms. The number of amides is 1. The van der Waals surface area contributed by atoms with Gasteiger partial charge in [-0.15, -0.1) is 0 Å². The van der Waals surface area contributed by atoms with Crippen molar-refractivity contribution in [3.63, 3.8) is 0 Å². The van der Waals surface area contributed by atoms with Crippen molar-refractivity contribution in [2.45, 2.75) is 32.2 Å². The molecule has 6 nitrogen and oxygen atoms in total. The summed E-state index contributed by atoms with van der Waals surface area (Å²) in [5.41, 5.74) is 6.06. The van der Waals surface area contributed by atoms with Crippen LogP contribution in [0.1, 0.15) is 31.7 Å². The molecule has 1 unspecified atom stereocenters. The lowest BCUT2D eigenvalue weighted by atomic mass is 10.0. The summed E-state index contributed by atoms with van der Waals surface area (Å²) in [4.78, 5) is 14.1. The van der Waals surface area contributed by atoms with Crippen molar-refractivity contribution >= 4 is 11.7 Å². The monoisotopic (exact) mass is 291 g/mol. The number of piperidine rings is 1. The summed E-state index contributed by atoms with van der Waals surface area (Å²) in [5, 5.41) is 11.7. The number of carbonyl (C=O) groups excluding carboxylic acids is 1. The van der Waals surface area contributed by atoms with E-state index in [-0.39, 0.29) is 24.4 Å². The van der Waals surface area contributed by atoms with E-state index in [4.69, 9.17) is 15.7 Å². The van der Waals surface area contributed by atoms with E-state index < -0.39 is 0 Å². The predicted molar refractivity (Wildman–Crippen MR) is 79.5 cm³/mol. The summed E-state index contributed by atoms with van der Waals surface area (Å²) in [6.07, 6.45) is 3.24. The molecule has 1 aromatic carbocycles. The van der Waals surface area contributed by atoms with Crippen molar-refractivity contribution < 1.29 is 14.7 Å². The minimum Gasteiger partial charge on any atom is -0.483 e. The first kappa shape index (κ1) is 15.2. The topological polar surface area (TPSA) is 88.2 Å². The third-order valence-corrected chi connectivity index (χ3v) is 3.75. The van der Waals surface area contributed by atoms with Crippen LogP contribution in [0.5, 0.6) is 5.75 Å². The van der Waals surface area contributed by atoms with E-state index >= 15 is 0 Å². The van der Waals surface area contributed by atoms with Crippen LogP contribution < -0.4 is 10.5 Å². The molecule has 1 atom stereocenters. The highest BCUT2D eigenvalue weighted by Crippen LogP contribution is 2.19. The molecule has 0 aliphatic carbocycles. The first-order valence-corrected chi connectivity index (χ1v) is 7.12. The maximum Gasteiger partial charge on any atom is 0.260 e. The second-order valence-corrected chi connectivity index (χ2v) is 5.20. The predicted octanol–water partition coefficient (Wildman–Crippen LogP) is 1.56. The molecule has 0 radical (unpaired) electrons. The van der Waals surface area contributed by atoms with E-state index in [1.165, 1.54) is 0 Å². The van der Waals surface area contributed by atoms with E-state index in [1.54, 1.807) is 24.3 Å². The highest BCUT2D eigenvalue weighted by molar-refractivity contribution is 5.99. The van der Waals surface area contributed by atoms with Gasteiger partial charge in [0, 0.05) is 12.6 Å². The minimum absolute atomic E-state index is 0.0310. The lowest BCUT2D eigenvalue weighted by Gasteiger charge is -2.33. The molecule has 0 spiro atoms. The molecule has 1 saturated heterocycles. The Hall–Kier alpha value is -2.24. The van der Waals surface area contributed by atoms with Crippen LogP contribution in [0.2, 0.25) is 0 Å². The Labute approximate surface area is 124 Å². The average Bonchev–Trinajstić information content (AvgIpc) is 2.52.